The number of aromatic nitrogens is 2. The summed E-state index contributed by atoms with van der Waals surface area (Å²) in [4.78, 5) is 4.37. The number of benzene rings is 1. The average Bonchev–Trinajstić information content (AvgIpc) is 3.25. The summed E-state index contributed by atoms with van der Waals surface area (Å²) in [5.41, 5.74) is 1.41. The molecular weight excluding hydrogens is 295 g/mol. The van der Waals surface area contributed by atoms with E-state index in [1.165, 1.54) is 26.0 Å². The van der Waals surface area contributed by atoms with E-state index in [9.17, 15) is 4.39 Å². The van der Waals surface area contributed by atoms with Crippen LogP contribution >= 0.6 is 11.6 Å². The number of methoxy groups -OCH3 is 1. The number of hydrogen-bond acceptors (Lipinski definition) is 3. The van der Waals surface area contributed by atoms with Crippen molar-refractivity contribution >= 4 is 22.6 Å². The maximum absolute atomic E-state index is 13.7. The monoisotopic (exact) mass is 312 g/mol. The van der Waals surface area contributed by atoms with Gasteiger partial charge in [0.05, 0.1) is 30.6 Å². The second-order valence-corrected chi connectivity index (χ2v) is 5.57. The molecule has 0 N–H and O–H groups in total. The third kappa shape index (κ3) is 3.14. The zero-order valence-electron chi connectivity index (χ0n) is 11.9. The van der Waals surface area contributed by atoms with Crippen LogP contribution in [0, 0.1) is 11.7 Å². The lowest BCUT2D eigenvalue weighted by Gasteiger charge is -2.09. The summed E-state index contributed by atoms with van der Waals surface area (Å²) >= 11 is 5.94. The number of imidazole rings is 1. The van der Waals surface area contributed by atoms with E-state index in [-0.39, 0.29) is 11.6 Å². The van der Waals surface area contributed by atoms with Crippen molar-refractivity contribution in [3.8, 4) is 5.75 Å². The smallest absolute Gasteiger partial charge is 0.167 e. The number of halogens is 2. The quantitative estimate of drug-likeness (QED) is 0.581. The molecular formula is C15H18ClFN2O2. The summed E-state index contributed by atoms with van der Waals surface area (Å²) in [5, 5.41) is 0. The predicted molar refractivity (Wildman–Crippen MR) is 79.3 cm³/mol. The van der Waals surface area contributed by atoms with E-state index in [0.29, 0.717) is 24.5 Å². The Hall–Kier alpha value is -1.33. The fourth-order valence-electron chi connectivity index (χ4n) is 2.37. The summed E-state index contributed by atoms with van der Waals surface area (Å²) in [7, 11) is 1.45. The van der Waals surface area contributed by atoms with Gasteiger partial charge >= 0.3 is 0 Å². The van der Waals surface area contributed by atoms with Crippen LogP contribution in [-0.4, -0.2) is 29.9 Å². The molecule has 1 aromatic carbocycles. The molecule has 0 spiro atoms. The minimum atomic E-state index is -0.416. The number of hydrogen-bond donors (Lipinski definition) is 0. The van der Waals surface area contributed by atoms with Gasteiger partial charge in [-0.2, -0.15) is 0 Å². The zero-order chi connectivity index (χ0) is 14.8. The molecule has 0 amide bonds. The number of rotatable bonds is 7. The van der Waals surface area contributed by atoms with Crippen molar-refractivity contribution in [2.75, 3.05) is 20.3 Å². The van der Waals surface area contributed by atoms with Crippen LogP contribution in [0.2, 0.25) is 0 Å². The fourth-order valence-corrected chi connectivity index (χ4v) is 2.58. The van der Waals surface area contributed by atoms with E-state index in [1.807, 2.05) is 4.57 Å². The summed E-state index contributed by atoms with van der Waals surface area (Å²) in [6, 6.07) is 3.04. The highest BCUT2D eigenvalue weighted by Crippen LogP contribution is 2.29. The molecule has 0 atom stereocenters. The third-order valence-electron chi connectivity index (χ3n) is 3.73. The largest absolute Gasteiger partial charge is 0.494 e. The molecule has 4 nitrogen and oxygen atoms in total. The fraction of sp³-hybridized carbons (Fsp3) is 0.533. The topological polar surface area (TPSA) is 36.3 Å². The Bertz CT molecular complexity index is 640. The first-order valence-electron chi connectivity index (χ1n) is 7.09. The van der Waals surface area contributed by atoms with Crippen LogP contribution in [0.15, 0.2) is 12.1 Å². The van der Waals surface area contributed by atoms with Gasteiger partial charge in [-0.3, -0.25) is 0 Å². The molecule has 1 aliphatic carbocycles. The lowest BCUT2D eigenvalue weighted by atomic mass is 10.3. The Labute approximate surface area is 127 Å². The van der Waals surface area contributed by atoms with Crippen LogP contribution in [-0.2, 0) is 17.2 Å². The maximum atomic E-state index is 13.7. The van der Waals surface area contributed by atoms with E-state index in [2.05, 4.69) is 4.98 Å². The van der Waals surface area contributed by atoms with Crippen LogP contribution in [0.3, 0.4) is 0 Å². The summed E-state index contributed by atoms with van der Waals surface area (Å²) in [6.45, 7) is 2.08. The predicted octanol–water partition coefficient (Wildman–Crippen LogP) is 3.35. The molecule has 0 saturated heterocycles. The van der Waals surface area contributed by atoms with Crippen molar-refractivity contribution < 1.29 is 13.9 Å². The van der Waals surface area contributed by atoms with Gasteiger partial charge in [-0.15, -0.1) is 11.6 Å². The van der Waals surface area contributed by atoms with Crippen molar-refractivity contribution in [1.29, 1.82) is 0 Å². The van der Waals surface area contributed by atoms with E-state index in [0.717, 1.165) is 18.0 Å². The Morgan fingerprint density at radius 1 is 1.43 bits per heavy atom. The molecule has 0 unspecified atom stereocenters. The number of alkyl halides is 1. The van der Waals surface area contributed by atoms with Crippen molar-refractivity contribution in [3.63, 3.8) is 0 Å². The lowest BCUT2D eigenvalue weighted by Crippen LogP contribution is -2.10. The highest BCUT2D eigenvalue weighted by atomic mass is 35.5. The summed E-state index contributed by atoms with van der Waals surface area (Å²) in [5.74, 6) is 1.53. The van der Waals surface area contributed by atoms with Gasteiger partial charge in [0.25, 0.3) is 0 Å². The molecule has 1 saturated carbocycles. The average molecular weight is 313 g/mol. The standard InChI is InChI=1S/C15H18ClFN2O2/c1-20-14-7-13-12(6-11(14)17)18-15(8-16)19(13)4-5-21-9-10-2-3-10/h6-7,10H,2-5,8-9H2,1H3. The molecule has 0 aliphatic heterocycles. The van der Waals surface area contributed by atoms with Crippen molar-refractivity contribution in [3.05, 3.63) is 23.8 Å². The van der Waals surface area contributed by atoms with Crippen molar-refractivity contribution in [2.24, 2.45) is 5.92 Å². The number of fused-ring (bicyclic) bond motifs is 1. The normalized spacial score (nSPS) is 14.8. The highest BCUT2D eigenvalue weighted by molar-refractivity contribution is 6.16. The second-order valence-electron chi connectivity index (χ2n) is 5.31. The molecule has 0 radical (unpaired) electrons. The summed E-state index contributed by atoms with van der Waals surface area (Å²) in [6.07, 6.45) is 2.55. The Morgan fingerprint density at radius 2 is 2.24 bits per heavy atom. The minimum Gasteiger partial charge on any atom is -0.494 e. The first-order chi connectivity index (χ1) is 10.2. The van der Waals surface area contributed by atoms with Crippen LogP contribution in [0.5, 0.6) is 5.75 Å². The van der Waals surface area contributed by atoms with Gasteiger partial charge in [-0.25, -0.2) is 9.37 Å². The molecule has 1 heterocycles. The SMILES string of the molecule is COc1cc2c(cc1F)nc(CCl)n2CCOCC1CC1. The zero-order valence-corrected chi connectivity index (χ0v) is 12.7. The number of nitrogens with zero attached hydrogens (tertiary/aromatic N) is 2. The van der Waals surface area contributed by atoms with Crippen molar-refractivity contribution in [2.45, 2.75) is 25.3 Å². The Kier molecular flexibility index (Phi) is 4.31. The van der Waals surface area contributed by atoms with Crippen LogP contribution in [0.25, 0.3) is 11.0 Å². The van der Waals surface area contributed by atoms with Crippen LogP contribution < -0.4 is 4.74 Å². The van der Waals surface area contributed by atoms with Crippen LogP contribution in [0.1, 0.15) is 18.7 Å². The van der Waals surface area contributed by atoms with Gasteiger partial charge in [-0.1, -0.05) is 0 Å². The van der Waals surface area contributed by atoms with E-state index in [4.69, 9.17) is 21.1 Å². The molecule has 0 bridgehead atoms. The van der Waals surface area contributed by atoms with Crippen LogP contribution in [0.4, 0.5) is 4.39 Å². The molecule has 6 heteroatoms. The third-order valence-corrected chi connectivity index (χ3v) is 3.97. The second kappa shape index (κ2) is 6.20. The maximum Gasteiger partial charge on any atom is 0.167 e. The molecule has 1 fully saturated rings. The molecule has 21 heavy (non-hydrogen) atoms. The van der Waals surface area contributed by atoms with Gasteiger partial charge in [0.2, 0.25) is 0 Å². The Balaban J connectivity index is 1.82. The van der Waals surface area contributed by atoms with Gasteiger partial charge < -0.3 is 14.0 Å². The van der Waals surface area contributed by atoms with Gasteiger partial charge in [0.15, 0.2) is 11.6 Å². The van der Waals surface area contributed by atoms with Gasteiger partial charge in [-0.05, 0) is 18.8 Å². The number of ether oxygens (including phenoxy) is 2. The van der Waals surface area contributed by atoms with Gasteiger partial charge in [0, 0.05) is 25.3 Å². The molecule has 2 aromatic rings. The highest BCUT2D eigenvalue weighted by Gasteiger charge is 2.21. The van der Waals surface area contributed by atoms with E-state index < -0.39 is 5.82 Å². The van der Waals surface area contributed by atoms with Gasteiger partial charge in [0.1, 0.15) is 5.82 Å². The summed E-state index contributed by atoms with van der Waals surface area (Å²) < 4.78 is 26.4. The molecule has 3 rings (SSSR count). The molecule has 1 aliphatic rings. The lowest BCUT2D eigenvalue weighted by molar-refractivity contribution is 0.117. The Morgan fingerprint density at radius 3 is 2.90 bits per heavy atom. The minimum absolute atomic E-state index is 0.212. The molecule has 1 aromatic heterocycles. The first-order valence-corrected chi connectivity index (χ1v) is 7.62. The molecule has 114 valence electrons. The first kappa shape index (κ1) is 14.6. The van der Waals surface area contributed by atoms with Crippen molar-refractivity contribution in [1.82, 2.24) is 9.55 Å². The van der Waals surface area contributed by atoms with E-state index in [1.54, 1.807) is 6.07 Å². The van der Waals surface area contributed by atoms with E-state index >= 15 is 0 Å².